The van der Waals surface area contributed by atoms with Crippen LogP contribution in [0.4, 0.5) is 0 Å². The Morgan fingerprint density at radius 3 is 2.00 bits per heavy atom. The van der Waals surface area contributed by atoms with Crippen LogP contribution in [0, 0.1) is 6.92 Å². The molecular weight excluding hydrogens is 260 g/mol. The molecule has 1 aromatic heterocycles. The first-order chi connectivity index (χ1) is 10.2. The van der Waals surface area contributed by atoms with Crippen molar-refractivity contribution in [1.82, 2.24) is 9.97 Å². The predicted molar refractivity (Wildman–Crippen MR) is 82.1 cm³/mol. The van der Waals surface area contributed by atoms with Gasteiger partial charge in [-0.15, -0.1) is 0 Å². The number of aromatic nitrogens is 2. The summed E-state index contributed by atoms with van der Waals surface area (Å²) in [5.74, 6) is 0.0719. The highest BCUT2D eigenvalue weighted by Crippen LogP contribution is 2.19. The van der Waals surface area contributed by atoms with Crippen LogP contribution in [0.1, 0.15) is 21.7 Å². The van der Waals surface area contributed by atoms with Crippen LogP contribution < -0.4 is 0 Å². The van der Waals surface area contributed by atoms with E-state index in [2.05, 4.69) is 9.97 Å². The Bertz CT molecular complexity index is 747. The van der Waals surface area contributed by atoms with Crippen molar-refractivity contribution in [3.63, 3.8) is 0 Å². The molecule has 2 aromatic carbocycles. The summed E-state index contributed by atoms with van der Waals surface area (Å²) in [6, 6.07) is 17.6. The first-order valence-corrected chi connectivity index (χ1v) is 6.73. The average molecular weight is 274 g/mol. The second-order valence-electron chi connectivity index (χ2n) is 4.86. The van der Waals surface area contributed by atoms with Crippen LogP contribution in [0.2, 0.25) is 0 Å². The van der Waals surface area contributed by atoms with Crippen molar-refractivity contribution in [2.24, 2.45) is 0 Å². The lowest BCUT2D eigenvalue weighted by atomic mass is 10.0. The molecule has 0 saturated carbocycles. The molecule has 1 heterocycles. The topological polar surface area (TPSA) is 42.9 Å². The van der Waals surface area contributed by atoms with E-state index in [9.17, 15) is 4.79 Å². The summed E-state index contributed by atoms with van der Waals surface area (Å²) in [5.41, 5.74) is 3.74. The van der Waals surface area contributed by atoms with Crippen molar-refractivity contribution < 1.29 is 4.79 Å². The minimum absolute atomic E-state index is 0.158. The molecule has 0 aliphatic rings. The highest BCUT2D eigenvalue weighted by Gasteiger charge is 2.11. The lowest BCUT2D eigenvalue weighted by molar-refractivity contribution is 0.102. The van der Waals surface area contributed by atoms with Gasteiger partial charge < -0.3 is 0 Å². The van der Waals surface area contributed by atoms with Crippen molar-refractivity contribution in [2.45, 2.75) is 6.92 Å². The van der Waals surface area contributed by atoms with E-state index in [0.717, 1.165) is 16.7 Å². The maximum Gasteiger partial charge on any atom is 0.230 e. The lowest BCUT2D eigenvalue weighted by Gasteiger charge is -2.03. The Balaban J connectivity index is 1.87. The largest absolute Gasteiger partial charge is 0.285 e. The number of rotatable bonds is 3. The van der Waals surface area contributed by atoms with Crippen molar-refractivity contribution in [1.29, 1.82) is 0 Å². The van der Waals surface area contributed by atoms with Crippen LogP contribution in [0.5, 0.6) is 0 Å². The maximum absolute atomic E-state index is 12.3. The van der Waals surface area contributed by atoms with Crippen molar-refractivity contribution >= 4 is 5.78 Å². The zero-order chi connectivity index (χ0) is 14.7. The third-order valence-electron chi connectivity index (χ3n) is 3.24. The molecule has 0 saturated heterocycles. The first kappa shape index (κ1) is 13.2. The number of hydrogen-bond donors (Lipinski definition) is 0. The van der Waals surface area contributed by atoms with Gasteiger partial charge in [0, 0.05) is 18.0 Å². The minimum atomic E-state index is -0.158. The molecule has 0 bridgehead atoms. The molecule has 3 nitrogen and oxygen atoms in total. The van der Waals surface area contributed by atoms with E-state index in [-0.39, 0.29) is 11.6 Å². The van der Waals surface area contributed by atoms with Crippen LogP contribution in [-0.2, 0) is 0 Å². The zero-order valence-corrected chi connectivity index (χ0v) is 11.7. The molecule has 0 radical (unpaired) electrons. The molecule has 21 heavy (non-hydrogen) atoms. The van der Waals surface area contributed by atoms with Gasteiger partial charge in [-0.1, -0.05) is 54.6 Å². The number of nitrogens with zero attached hydrogens (tertiary/aromatic N) is 2. The van der Waals surface area contributed by atoms with Gasteiger partial charge in [-0.25, -0.2) is 9.97 Å². The van der Waals surface area contributed by atoms with Crippen LogP contribution in [0.3, 0.4) is 0 Å². The van der Waals surface area contributed by atoms with Gasteiger partial charge in [0.1, 0.15) is 0 Å². The van der Waals surface area contributed by atoms with Gasteiger partial charge in [-0.2, -0.15) is 0 Å². The fourth-order valence-corrected chi connectivity index (χ4v) is 2.08. The van der Waals surface area contributed by atoms with Gasteiger partial charge in [0.25, 0.3) is 0 Å². The highest BCUT2D eigenvalue weighted by atomic mass is 16.1. The molecule has 0 amide bonds. The first-order valence-electron chi connectivity index (χ1n) is 6.73. The van der Waals surface area contributed by atoms with Crippen LogP contribution >= 0.6 is 0 Å². The fraction of sp³-hybridized carbons (Fsp3) is 0.0556. The third-order valence-corrected chi connectivity index (χ3v) is 3.24. The maximum atomic E-state index is 12.3. The molecule has 0 unspecified atom stereocenters. The fourth-order valence-electron chi connectivity index (χ4n) is 2.08. The molecule has 0 fully saturated rings. The van der Waals surface area contributed by atoms with Gasteiger partial charge >= 0.3 is 0 Å². The molecule has 3 rings (SSSR count). The minimum Gasteiger partial charge on any atom is -0.285 e. The summed E-state index contributed by atoms with van der Waals surface area (Å²) in [4.78, 5) is 20.4. The molecule has 3 heteroatoms. The second kappa shape index (κ2) is 5.67. The molecule has 0 spiro atoms. The van der Waals surface area contributed by atoms with Crippen molar-refractivity contribution in [2.75, 3.05) is 0 Å². The smallest absolute Gasteiger partial charge is 0.230 e. The van der Waals surface area contributed by atoms with E-state index in [1.54, 1.807) is 12.4 Å². The summed E-state index contributed by atoms with van der Waals surface area (Å²) < 4.78 is 0. The highest BCUT2D eigenvalue weighted by molar-refractivity contribution is 6.06. The summed E-state index contributed by atoms with van der Waals surface area (Å²) in [7, 11) is 0. The third kappa shape index (κ3) is 2.87. The van der Waals surface area contributed by atoms with Crippen molar-refractivity contribution in [3.05, 3.63) is 83.9 Å². The Morgan fingerprint density at radius 2 is 1.38 bits per heavy atom. The molecule has 102 valence electrons. The number of hydrogen-bond acceptors (Lipinski definition) is 3. The quantitative estimate of drug-likeness (QED) is 0.684. The molecular formula is C18H14N2O. The van der Waals surface area contributed by atoms with Crippen molar-refractivity contribution in [3.8, 4) is 11.1 Å². The Hall–Kier alpha value is -2.81. The molecule has 0 aliphatic carbocycles. The normalized spacial score (nSPS) is 10.3. The van der Waals surface area contributed by atoms with E-state index in [1.807, 2.05) is 61.5 Å². The number of carbonyl (C=O) groups excluding carboxylic acids is 1. The van der Waals surface area contributed by atoms with E-state index >= 15 is 0 Å². The van der Waals surface area contributed by atoms with Gasteiger partial charge in [-0.05, 0) is 23.6 Å². The summed E-state index contributed by atoms with van der Waals surface area (Å²) >= 11 is 0. The van der Waals surface area contributed by atoms with Gasteiger partial charge in [0.15, 0.2) is 0 Å². The SMILES string of the molecule is Cc1cnc(C(=O)c2ccc(-c3ccccc3)cc2)nc1. The van der Waals surface area contributed by atoms with E-state index in [4.69, 9.17) is 0 Å². The van der Waals surface area contributed by atoms with Crippen LogP contribution in [0.15, 0.2) is 67.0 Å². The van der Waals surface area contributed by atoms with Crippen LogP contribution in [-0.4, -0.2) is 15.8 Å². The number of ketones is 1. The van der Waals surface area contributed by atoms with E-state index in [0.29, 0.717) is 5.56 Å². The molecule has 0 N–H and O–H groups in total. The lowest BCUT2D eigenvalue weighted by Crippen LogP contribution is -2.06. The average Bonchev–Trinajstić information content (AvgIpc) is 2.56. The van der Waals surface area contributed by atoms with Crippen LogP contribution in [0.25, 0.3) is 11.1 Å². The molecule has 3 aromatic rings. The number of aryl methyl sites for hydroxylation is 1. The summed E-state index contributed by atoms with van der Waals surface area (Å²) in [6.07, 6.45) is 3.30. The number of carbonyl (C=O) groups is 1. The Labute approximate surface area is 123 Å². The standard InChI is InChI=1S/C18H14N2O/c1-13-11-19-18(20-12-13)17(21)16-9-7-15(8-10-16)14-5-3-2-4-6-14/h2-12H,1H3. The van der Waals surface area contributed by atoms with E-state index < -0.39 is 0 Å². The molecule has 0 aliphatic heterocycles. The van der Waals surface area contributed by atoms with Gasteiger partial charge in [0.2, 0.25) is 11.6 Å². The predicted octanol–water partition coefficient (Wildman–Crippen LogP) is 3.68. The Kier molecular flexibility index (Phi) is 3.56. The summed E-state index contributed by atoms with van der Waals surface area (Å²) in [5, 5.41) is 0. The summed E-state index contributed by atoms with van der Waals surface area (Å²) in [6.45, 7) is 1.89. The second-order valence-corrected chi connectivity index (χ2v) is 4.86. The van der Waals surface area contributed by atoms with E-state index in [1.165, 1.54) is 0 Å². The van der Waals surface area contributed by atoms with Gasteiger partial charge in [0.05, 0.1) is 0 Å². The zero-order valence-electron chi connectivity index (χ0n) is 11.7. The number of benzene rings is 2. The molecule has 0 atom stereocenters. The monoisotopic (exact) mass is 274 g/mol. The van der Waals surface area contributed by atoms with Gasteiger partial charge in [-0.3, -0.25) is 4.79 Å². The Morgan fingerprint density at radius 1 is 0.810 bits per heavy atom.